The lowest BCUT2D eigenvalue weighted by atomic mass is 9.87. The Bertz CT molecular complexity index is 1280. The number of ketones is 1. The molecular formula is C31H37FN2O4. The summed E-state index contributed by atoms with van der Waals surface area (Å²) in [6.07, 6.45) is 2.58. The van der Waals surface area contributed by atoms with E-state index < -0.39 is 11.1 Å². The van der Waals surface area contributed by atoms with Gasteiger partial charge in [-0.2, -0.15) is 0 Å². The van der Waals surface area contributed by atoms with E-state index in [1.54, 1.807) is 44.4 Å². The third kappa shape index (κ3) is 6.58. The fourth-order valence-corrected chi connectivity index (χ4v) is 4.41. The Morgan fingerprint density at radius 2 is 1.79 bits per heavy atom. The first-order chi connectivity index (χ1) is 18.0. The third-order valence-corrected chi connectivity index (χ3v) is 7.00. The zero-order valence-corrected chi connectivity index (χ0v) is 22.8. The van der Waals surface area contributed by atoms with E-state index in [0.717, 1.165) is 30.5 Å². The number of benzene rings is 2. The van der Waals surface area contributed by atoms with E-state index in [2.05, 4.69) is 19.2 Å². The van der Waals surface area contributed by atoms with Crippen LogP contribution in [0.3, 0.4) is 0 Å². The van der Waals surface area contributed by atoms with Crippen LogP contribution in [-0.2, 0) is 11.1 Å². The molecule has 2 N–H and O–H groups in total. The lowest BCUT2D eigenvalue weighted by Crippen LogP contribution is -2.37. The van der Waals surface area contributed by atoms with Gasteiger partial charge in [0, 0.05) is 23.1 Å². The minimum atomic E-state index is -1.37. The van der Waals surface area contributed by atoms with Crippen molar-refractivity contribution in [3.63, 3.8) is 0 Å². The molecule has 4 rings (SSSR count). The largest absolute Gasteiger partial charge is 0.493 e. The second kappa shape index (κ2) is 11.2. The lowest BCUT2D eigenvalue weighted by molar-refractivity contribution is 0.0396. The van der Waals surface area contributed by atoms with Gasteiger partial charge in [0.05, 0.1) is 24.6 Å². The Hall–Kier alpha value is -3.29. The van der Waals surface area contributed by atoms with Crippen LogP contribution >= 0.6 is 0 Å². The topological polar surface area (TPSA) is 80.7 Å². The fraction of sp³-hybridized carbons (Fsp3) is 0.419. The van der Waals surface area contributed by atoms with Crippen LogP contribution in [-0.4, -0.2) is 35.6 Å². The van der Waals surface area contributed by atoms with Crippen molar-refractivity contribution in [3.8, 4) is 22.8 Å². The number of carbonyl (C=O) groups excluding carboxylic acids is 1. The summed E-state index contributed by atoms with van der Waals surface area (Å²) in [5.41, 5.74) is 1.50. The molecule has 0 bridgehead atoms. The summed E-state index contributed by atoms with van der Waals surface area (Å²) in [7, 11) is 1.56. The van der Waals surface area contributed by atoms with Gasteiger partial charge in [0.25, 0.3) is 0 Å². The van der Waals surface area contributed by atoms with Gasteiger partial charge in [-0.1, -0.05) is 6.92 Å². The van der Waals surface area contributed by atoms with Crippen LogP contribution in [0.15, 0.2) is 54.6 Å². The summed E-state index contributed by atoms with van der Waals surface area (Å²) in [5, 5.41) is 15.0. The van der Waals surface area contributed by atoms with E-state index in [1.807, 2.05) is 19.1 Å². The molecule has 202 valence electrons. The van der Waals surface area contributed by atoms with Gasteiger partial charge in [-0.3, -0.25) is 4.79 Å². The second-order valence-electron chi connectivity index (χ2n) is 10.7. The predicted octanol–water partition coefficient (Wildman–Crippen LogP) is 6.15. The number of halogens is 1. The molecule has 1 aliphatic rings. The van der Waals surface area contributed by atoms with E-state index in [9.17, 15) is 14.3 Å². The zero-order valence-electron chi connectivity index (χ0n) is 22.8. The van der Waals surface area contributed by atoms with Gasteiger partial charge >= 0.3 is 0 Å². The van der Waals surface area contributed by atoms with Crippen molar-refractivity contribution in [2.24, 2.45) is 0 Å². The first-order valence-electron chi connectivity index (χ1n) is 13.2. The van der Waals surface area contributed by atoms with Crippen LogP contribution in [0, 0.1) is 5.82 Å². The second-order valence-corrected chi connectivity index (χ2v) is 10.7. The molecule has 6 nitrogen and oxygen atoms in total. The van der Waals surface area contributed by atoms with Crippen LogP contribution in [0.5, 0.6) is 11.5 Å². The summed E-state index contributed by atoms with van der Waals surface area (Å²) in [6, 6.07) is 15.2. The maximum atomic E-state index is 13.6. The number of hydrogen-bond donors (Lipinski definition) is 2. The molecule has 2 aromatic carbocycles. The minimum Gasteiger partial charge on any atom is -0.493 e. The van der Waals surface area contributed by atoms with E-state index in [0.29, 0.717) is 28.5 Å². The molecule has 0 aliphatic heterocycles. The van der Waals surface area contributed by atoms with Gasteiger partial charge in [-0.15, -0.1) is 0 Å². The van der Waals surface area contributed by atoms with Gasteiger partial charge in [-0.25, -0.2) is 9.37 Å². The molecule has 1 aromatic heterocycles. The highest BCUT2D eigenvalue weighted by Crippen LogP contribution is 2.36. The molecule has 3 aromatic rings. The molecule has 1 unspecified atom stereocenters. The molecule has 0 spiro atoms. The first kappa shape index (κ1) is 27.7. The first-order valence-corrected chi connectivity index (χ1v) is 13.2. The standard InChI is InChI=1S/C31H37FN2O4/c1-6-33-30(2,3)22-18-25(20-7-10-23(32)11-8-20)34-29(19-22)31(4,36)16-15-26(35)21-9-14-27(28(17-21)37-5)38-24-12-13-24/h7-11,14,17-19,24,33,36H,6,12-13,15-16H2,1-5H3. The number of hydrogen-bond acceptors (Lipinski definition) is 6. The van der Waals surface area contributed by atoms with Crippen molar-refractivity contribution in [3.05, 3.63) is 77.2 Å². The van der Waals surface area contributed by atoms with Crippen LogP contribution in [0.1, 0.15) is 75.0 Å². The van der Waals surface area contributed by atoms with Crippen LogP contribution < -0.4 is 14.8 Å². The molecule has 1 fully saturated rings. The summed E-state index contributed by atoms with van der Waals surface area (Å²) in [6.45, 7) is 8.59. The lowest BCUT2D eigenvalue weighted by Gasteiger charge is -2.30. The Morgan fingerprint density at radius 1 is 1.08 bits per heavy atom. The number of Topliss-reactive ketones (excluding diaryl/α,β-unsaturated/α-hetero) is 1. The number of rotatable bonds is 12. The molecule has 1 atom stereocenters. The van der Waals surface area contributed by atoms with E-state index in [4.69, 9.17) is 14.5 Å². The van der Waals surface area contributed by atoms with Gasteiger partial charge in [0.2, 0.25) is 0 Å². The Morgan fingerprint density at radius 3 is 2.42 bits per heavy atom. The molecule has 0 amide bonds. The third-order valence-electron chi connectivity index (χ3n) is 7.00. The van der Waals surface area contributed by atoms with Crippen LogP contribution in [0.4, 0.5) is 4.39 Å². The SMILES string of the molecule is CCNC(C)(C)c1cc(-c2ccc(F)cc2)nc(C(C)(O)CCC(=O)c2ccc(OC3CC3)c(OC)c2)c1. The predicted molar refractivity (Wildman–Crippen MR) is 146 cm³/mol. The highest BCUT2D eigenvalue weighted by atomic mass is 19.1. The molecule has 38 heavy (non-hydrogen) atoms. The van der Waals surface area contributed by atoms with Crippen molar-refractivity contribution in [2.75, 3.05) is 13.7 Å². The maximum absolute atomic E-state index is 13.6. The smallest absolute Gasteiger partial charge is 0.163 e. The Kier molecular flexibility index (Phi) is 8.19. The molecule has 0 saturated heterocycles. The highest BCUT2D eigenvalue weighted by molar-refractivity contribution is 5.96. The number of carbonyl (C=O) groups is 1. The maximum Gasteiger partial charge on any atom is 0.163 e. The number of methoxy groups -OCH3 is 1. The number of nitrogens with zero attached hydrogens (tertiary/aromatic N) is 1. The van der Waals surface area contributed by atoms with E-state index in [-0.39, 0.29) is 30.5 Å². The van der Waals surface area contributed by atoms with Gasteiger partial charge in [0.1, 0.15) is 11.4 Å². The summed E-state index contributed by atoms with van der Waals surface area (Å²) in [5.74, 6) is 0.728. The fourth-order valence-electron chi connectivity index (χ4n) is 4.41. The number of aromatic nitrogens is 1. The van der Waals surface area contributed by atoms with Crippen LogP contribution in [0.2, 0.25) is 0 Å². The molecule has 1 heterocycles. The summed E-state index contributed by atoms with van der Waals surface area (Å²) in [4.78, 5) is 17.8. The van der Waals surface area contributed by atoms with Gasteiger partial charge < -0.3 is 19.9 Å². The average molecular weight is 521 g/mol. The van der Waals surface area contributed by atoms with Crippen molar-refractivity contribution >= 4 is 5.78 Å². The van der Waals surface area contributed by atoms with Crippen molar-refractivity contribution in [2.45, 2.75) is 70.6 Å². The molecular weight excluding hydrogens is 483 g/mol. The zero-order chi connectivity index (χ0) is 27.5. The van der Waals surface area contributed by atoms with Gasteiger partial charge in [-0.05, 0) is 107 Å². The average Bonchev–Trinajstić information content (AvgIpc) is 3.72. The molecule has 7 heteroatoms. The summed E-state index contributed by atoms with van der Waals surface area (Å²) < 4.78 is 24.9. The molecule has 0 radical (unpaired) electrons. The Labute approximate surface area is 224 Å². The van der Waals surface area contributed by atoms with Crippen molar-refractivity contribution in [1.82, 2.24) is 10.3 Å². The van der Waals surface area contributed by atoms with Crippen molar-refractivity contribution < 1.29 is 23.8 Å². The quantitative estimate of drug-likeness (QED) is 0.279. The summed E-state index contributed by atoms with van der Waals surface area (Å²) >= 11 is 0. The number of nitrogens with one attached hydrogen (secondary N) is 1. The van der Waals surface area contributed by atoms with Crippen LogP contribution in [0.25, 0.3) is 11.3 Å². The number of pyridine rings is 1. The minimum absolute atomic E-state index is 0.107. The van der Waals surface area contributed by atoms with Gasteiger partial charge in [0.15, 0.2) is 17.3 Å². The number of aliphatic hydroxyl groups is 1. The number of ether oxygens (including phenoxy) is 2. The van der Waals surface area contributed by atoms with E-state index in [1.165, 1.54) is 12.1 Å². The normalized spacial score (nSPS) is 15.1. The molecule has 1 aliphatic carbocycles. The monoisotopic (exact) mass is 520 g/mol. The van der Waals surface area contributed by atoms with E-state index >= 15 is 0 Å². The van der Waals surface area contributed by atoms with Crippen molar-refractivity contribution in [1.29, 1.82) is 0 Å². The highest BCUT2D eigenvalue weighted by Gasteiger charge is 2.30. The molecule has 1 saturated carbocycles. The Balaban J connectivity index is 1.58.